The summed E-state index contributed by atoms with van der Waals surface area (Å²) in [5.74, 6) is 0. The SMILES string of the molecule is [B][C@@H]1O[C@@](COC(C)C)(N=C)C(OC)C1O. The van der Waals surface area contributed by atoms with E-state index in [1.807, 2.05) is 13.8 Å². The van der Waals surface area contributed by atoms with Crippen LogP contribution in [0.4, 0.5) is 0 Å². The molecule has 1 aliphatic heterocycles. The van der Waals surface area contributed by atoms with Crippen LogP contribution in [0.1, 0.15) is 13.8 Å². The van der Waals surface area contributed by atoms with Crippen LogP contribution in [-0.4, -0.2) is 63.4 Å². The molecule has 0 amide bonds. The third-order valence-electron chi connectivity index (χ3n) is 2.58. The number of hydrogen-bond donors (Lipinski definition) is 1. The Balaban J connectivity index is 2.81. The fourth-order valence-corrected chi connectivity index (χ4v) is 1.71. The minimum atomic E-state index is -1.13. The van der Waals surface area contributed by atoms with Crippen molar-refractivity contribution >= 4 is 14.6 Å². The number of hydrogen-bond acceptors (Lipinski definition) is 5. The van der Waals surface area contributed by atoms with Crippen molar-refractivity contribution in [1.29, 1.82) is 0 Å². The van der Waals surface area contributed by atoms with Gasteiger partial charge in [0.2, 0.25) is 5.72 Å². The van der Waals surface area contributed by atoms with Gasteiger partial charge in [0.05, 0.1) is 12.7 Å². The van der Waals surface area contributed by atoms with Gasteiger partial charge in [-0.15, -0.1) is 0 Å². The van der Waals surface area contributed by atoms with Gasteiger partial charge < -0.3 is 19.3 Å². The van der Waals surface area contributed by atoms with Gasteiger partial charge in [0.1, 0.15) is 20.1 Å². The summed E-state index contributed by atoms with van der Waals surface area (Å²) in [5.41, 5.74) is -1.13. The van der Waals surface area contributed by atoms with Crippen LogP contribution in [0.3, 0.4) is 0 Å². The Kier molecular flexibility index (Phi) is 4.49. The van der Waals surface area contributed by atoms with Crippen LogP contribution in [0.2, 0.25) is 0 Å². The predicted octanol–water partition coefficient (Wildman–Crippen LogP) is -0.291. The number of rotatable bonds is 5. The molecule has 90 valence electrons. The maximum atomic E-state index is 9.77. The van der Waals surface area contributed by atoms with E-state index in [0.29, 0.717) is 0 Å². The van der Waals surface area contributed by atoms with Crippen molar-refractivity contribution in [1.82, 2.24) is 0 Å². The molecule has 16 heavy (non-hydrogen) atoms. The van der Waals surface area contributed by atoms with Gasteiger partial charge in [-0.05, 0) is 20.6 Å². The van der Waals surface area contributed by atoms with Crippen molar-refractivity contribution in [3.63, 3.8) is 0 Å². The second-order valence-corrected chi connectivity index (χ2v) is 4.09. The lowest BCUT2D eigenvalue weighted by atomic mass is 9.92. The minimum Gasteiger partial charge on any atom is -0.388 e. The van der Waals surface area contributed by atoms with Crippen molar-refractivity contribution in [2.24, 2.45) is 4.99 Å². The molecule has 1 heterocycles. The molecule has 0 spiro atoms. The lowest BCUT2D eigenvalue weighted by Gasteiger charge is -2.30. The Labute approximate surface area is 97.2 Å². The lowest BCUT2D eigenvalue weighted by Crippen LogP contribution is -2.47. The highest BCUT2D eigenvalue weighted by Gasteiger charge is 2.53. The maximum absolute atomic E-state index is 9.77. The van der Waals surface area contributed by atoms with Crippen LogP contribution >= 0.6 is 0 Å². The average Bonchev–Trinajstić information content (AvgIpc) is 2.49. The topological polar surface area (TPSA) is 60.3 Å². The molecule has 1 aliphatic rings. The second-order valence-electron chi connectivity index (χ2n) is 4.09. The summed E-state index contributed by atoms with van der Waals surface area (Å²) < 4.78 is 16.0. The smallest absolute Gasteiger partial charge is 0.209 e. The number of aliphatic imine (C=N–C) groups is 1. The summed E-state index contributed by atoms with van der Waals surface area (Å²) in [4.78, 5) is 3.88. The number of aliphatic hydroxyl groups excluding tert-OH is 1. The molecule has 0 aromatic rings. The molecule has 5 nitrogen and oxygen atoms in total. The molecule has 0 aromatic heterocycles. The maximum Gasteiger partial charge on any atom is 0.209 e. The van der Waals surface area contributed by atoms with Crippen LogP contribution in [0.15, 0.2) is 4.99 Å². The first kappa shape index (κ1) is 13.6. The van der Waals surface area contributed by atoms with Gasteiger partial charge in [-0.1, -0.05) is 0 Å². The van der Waals surface area contributed by atoms with E-state index in [1.54, 1.807) is 0 Å². The predicted molar refractivity (Wildman–Crippen MR) is 60.8 cm³/mol. The molecule has 1 fully saturated rings. The molecule has 2 radical (unpaired) electrons. The Morgan fingerprint density at radius 1 is 1.62 bits per heavy atom. The summed E-state index contributed by atoms with van der Waals surface area (Å²) in [6, 6.07) is -0.841. The molecular formula is C10H18BNO4. The Morgan fingerprint density at radius 2 is 2.25 bits per heavy atom. The first-order chi connectivity index (χ1) is 7.46. The van der Waals surface area contributed by atoms with Crippen molar-refractivity contribution in [2.45, 2.75) is 43.9 Å². The summed E-state index contributed by atoms with van der Waals surface area (Å²) in [5, 5.41) is 9.77. The number of aliphatic hydroxyl groups is 1. The highest BCUT2D eigenvalue weighted by molar-refractivity contribution is 6.11. The first-order valence-corrected chi connectivity index (χ1v) is 5.20. The normalized spacial score (nSPS) is 39.2. The molecule has 0 saturated carbocycles. The summed E-state index contributed by atoms with van der Waals surface area (Å²) >= 11 is 0. The van der Waals surface area contributed by atoms with E-state index in [2.05, 4.69) is 11.7 Å². The summed E-state index contributed by atoms with van der Waals surface area (Å²) in [6.45, 7) is 7.39. The zero-order valence-corrected chi connectivity index (χ0v) is 9.92. The van der Waals surface area contributed by atoms with Crippen molar-refractivity contribution in [3.05, 3.63) is 0 Å². The molecule has 0 aliphatic carbocycles. The molecule has 4 atom stereocenters. The number of methoxy groups -OCH3 is 1. The number of nitrogens with zero attached hydrogens (tertiary/aromatic N) is 1. The van der Waals surface area contributed by atoms with Gasteiger partial charge in [-0.2, -0.15) is 0 Å². The molecule has 2 unspecified atom stereocenters. The van der Waals surface area contributed by atoms with Crippen LogP contribution in [-0.2, 0) is 14.2 Å². The van der Waals surface area contributed by atoms with Crippen LogP contribution in [0, 0.1) is 0 Å². The third-order valence-corrected chi connectivity index (χ3v) is 2.58. The summed E-state index contributed by atoms with van der Waals surface area (Å²) in [7, 11) is 7.07. The molecule has 1 rings (SSSR count). The van der Waals surface area contributed by atoms with Crippen LogP contribution in [0.25, 0.3) is 0 Å². The van der Waals surface area contributed by atoms with Crippen LogP contribution < -0.4 is 0 Å². The first-order valence-electron chi connectivity index (χ1n) is 5.20. The monoisotopic (exact) mass is 227 g/mol. The van der Waals surface area contributed by atoms with E-state index in [4.69, 9.17) is 22.1 Å². The van der Waals surface area contributed by atoms with Gasteiger partial charge >= 0.3 is 0 Å². The minimum absolute atomic E-state index is 0.0219. The van der Waals surface area contributed by atoms with Crippen LogP contribution in [0.5, 0.6) is 0 Å². The standard InChI is InChI=1S/C10H18BNO4/c1-6(2)15-5-10(12-3)8(14-4)7(13)9(11)16-10/h6-9,13H,3,5H2,1-2,4H3/t7?,8?,9-,10-/m1/s1. The van der Waals surface area contributed by atoms with Gasteiger partial charge in [-0.3, -0.25) is 4.99 Å². The Bertz CT molecular complexity index is 251. The van der Waals surface area contributed by atoms with E-state index < -0.39 is 23.9 Å². The van der Waals surface area contributed by atoms with E-state index in [0.717, 1.165) is 0 Å². The Hall–Kier alpha value is -0.425. The lowest BCUT2D eigenvalue weighted by molar-refractivity contribution is -0.129. The largest absolute Gasteiger partial charge is 0.388 e. The molecule has 1 N–H and O–H groups in total. The quantitative estimate of drug-likeness (QED) is 0.517. The van der Waals surface area contributed by atoms with E-state index in [-0.39, 0.29) is 12.7 Å². The number of ether oxygens (including phenoxy) is 3. The van der Waals surface area contributed by atoms with E-state index in [1.165, 1.54) is 7.11 Å². The van der Waals surface area contributed by atoms with Gasteiger partial charge in [-0.25, -0.2) is 0 Å². The molecule has 6 heteroatoms. The molecule has 1 saturated heterocycles. The summed E-state index contributed by atoms with van der Waals surface area (Å²) in [6.07, 6.45) is -1.58. The van der Waals surface area contributed by atoms with Crippen molar-refractivity contribution in [2.75, 3.05) is 13.7 Å². The fraction of sp³-hybridized carbons (Fsp3) is 0.900. The zero-order chi connectivity index (χ0) is 12.3. The van der Waals surface area contributed by atoms with Gasteiger partial charge in [0.15, 0.2) is 0 Å². The zero-order valence-electron chi connectivity index (χ0n) is 9.92. The average molecular weight is 227 g/mol. The second kappa shape index (κ2) is 5.27. The Morgan fingerprint density at radius 3 is 2.69 bits per heavy atom. The molecule has 0 bridgehead atoms. The van der Waals surface area contributed by atoms with Crippen molar-refractivity contribution < 1.29 is 19.3 Å². The third kappa shape index (κ3) is 2.45. The van der Waals surface area contributed by atoms with E-state index >= 15 is 0 Å². The fourth-order valence-electron chi connectivity index (χ4n) is 1.71. The molecule has 0 aromatic carbocycles. The molecular weight excluding hydrogens is 209 g/mol. The van der Waals surface area contributed by atoms with Gasteiger partial charge in [0.25, 0.3) is 0 Å². The van der Waals surface area contributed by atoms with E-state index in [9.17, 15) is 5.11 Å². The van der Waals surface area contributed by atoms with Gasteiger partial charge in [0, 0.05) is 13.1 Å². The highest BCUT2D eigenvalue weighted by atomic mass is 16.6. The van der Waals surface area contributed by atoms with Crippen molar-refractivity contribution in [3.8, 4) is 0 Å². The highest BCUT2D eigenvalue weighted by Crippen LogP contribution is 2.33.